The Hall–Kier alpha value is -2.92. The van der Waals surface area contributed by atoms with E-state index in [0.717, 1.165) is 23.8 Å². The molecule has 2 rings (SSSR count). The molecule has 0 aliphatic heterocycles. The molecule has 0 amide bonds. The minimum atomic E-state index is -4.89. The van der Waals surface area contributed by atoms with Gasteiger partial charge in [0.25, 0.3) is 0 Å². The van der Waals surface area contributed by atoms with Crippen LogP contribution >= 0.6 is 0 Å². The van der Waals surface area contributed by atoms with Crippen LogP contribution in [-0.4, -0.2) is 33.6 Å². The number of rotatable bonds is 9. The molecule has 7 nitrogen and oxygen atoms in total. The summed E-state index contributed by atoms with van der Waals surface area (Å²) in [5.41, 5.74) is -1.07. The number of alkyl halides is 3. The van der Waals surface area contributed by atoms with Crippen molar-refractivity contribution in [2.24, 2.45) is 5.92 Å². The Bertz CT molecular complexity index is 1070. The average Bonchev–Trinajstić information content (AvgIpc) is 2.73. The summed E-state index contributed by atoms with van der Waals surface area (Å²) in [5.74, 6) is -4.46. The molecule has 180 valence electrons. The molecule has 33 heavy (non-hydrogen) atoms. The maximum absolute atomic E-state index is 13.8. The van der Waals surface area contributed by atoms with Crippen LogP contribution in [0.3, 0.4) is 0 Å². The van der Waals surface area contributed by atoms with Crippen LogP contribution in [0.15, 0.2) is 53.4 Å². The van der Waals surface area contributed by atoms with E-state index in [9.17, 15) is 31.2 Å². The number of ether oxygens (including phenoxy) is 2. The monoisotopic (exact) mass is 487 g/mol. The van der Waals surface area contributed by atoms with Crippen LogP contribution in [0.1, 0.15) is 36.6 Å². The topological polar surface area (TPSA) is 98.8 Å². The van der Waals surface area contributed by atoms with Gasteiger partial charge in [-0.15, -0.1) is 0 Å². The molecule has 0 heterocycles. The molecule has 0 radical (unpaired) electrons. The first-order chi connectivity index (χ1) is 15.4. The van der Waals surface area contributed by atoms with E-state index >= 15 is 0 Å². The van der Waals surface area contributed by atoms with Crippen LogP contribution < -0.4 is 4.72 Å². The van der Waals surface area contributed by atoms with Gasteiger partial charge in [0.2, 0.25) is 10.0 Å². The van der Waals surface area contributed by atoms with Crippen LogP contribution in [0.25, 0.3) is 0 Å². The Labute approximate surface area is 189 Å². The standard InChI is InChI=1S/C22H24F3NO6S/c1-4-31-20(27)18(21(28)32-5-2)19(16-8-6-7-9-17(16)22(23,24)25)26-33(29,30)15-12-10-14(3)11-13-15/h6-13,18-19,26H,4-5H2,1-3H3. The van der Waals surface area contributed by atoms with Crippen molar-refractivity contribution in [2.75, 3.05) is 13.2 Å². The van der Waals surface area contributed by atoms with Gasteiger partial charge in [-0.3, -0.25) is 9.59 Å². The highest BCUT2D eigenvalue weighted by Gasteiger charge is 2.45. The third-order valence-electron chi connectivity index (χ3n) is 4.63. The molecule has 0 saturated heterocycles. The van der Waals surface area contributed by atoms with Gasteiger partial charge in [-0.05, 0) is 44.5 Å². The number of hydrogen-bond acceptors (Lipinski definition) is 6. The first-order valence-electron chi connectivity index (χ1n) is 10.0. The number of hydrogen-bond donors (Lipinski definition) is 1. The third kappa shape index (κ3) is 6.55. The highest BCUT2D eigenvalue weighted by atomic mass is 32.2. The molecule has 2 aromatic rings. The van der Waals surface area contributed by atoms with Crippen molar-refractivity contribution in [1.82, 2.24) is 4.72 Å². The van der Waals surface area contributed by atoms with E-state index in [4.69, 9.17) is 9.47 Å². The van der Waals surface area contributed by atoms with Gasteiger partial charge >= 0.3 is 18.1 Å². The van der Waals surface area contributed by atoms with Crippen molar-refractivity contribution in [3.05, 3.63) is 65.2 Å². The molecule has 0 aromatic heterocycles. The van der Waals surface area contributed by atoms with E-state index in [1.165, 1.54) is 44.2 Å². The summed E-state index contributed by atoms with van der Waals surface area (Å²) in [6, 6.07) is 7.65. The molecule has 1 atom stereocenters. The van der Waals surface area contributed by atoms with Crippen LogP contribution in [0.5, 0.6) is 0 Å². The molecule has 0 aliphatic rings. The molecule has 11 heteroatoms. The fourth-order valence-corrected chi connectivity index (χ4v) is 4.35. The Morgan fingerprint density at radius 2 is 1.45 bits per heavy atom. The maximum Gasteiger partial charge on any atom is 0.416 e. The fraction of sp³-hybridized carbons (Fsp3) is 0.364. The summed E-state index contributed by atoms with van der Waals surface area (Å²) >= 11 is 0. The summed E-state index contributed by atoms with van der Waals surface area (Å²) in [6.45, 7) is 4.23. The first kappa shape index (κ1) is 26.3. The lowest BCUT2D eigenvalue weighted by molar-refractivity contribution is -0.163. The second-order valence-electron chi connectivity index (χ2n) is 6.98. The number of aryl methyl sites for hydroxylation is 1. The van der Waals surface area contributed by atoms with Gasteiger partial charge < -0.3 is 9.47 Å². The molecule has 1 unspecified atom stereocenters. The number of esters is 2. The minimum absolute atomic E-state index is 0.187. The van der Waals surface area contributed by atoms with Crippen LogP contribution in [-0.2, 0) is 35.3 Å². The van der Waals surface area contributed by atoms with Gasteiger partial charge in [0.15, 0.2) is 5.92 Å². The number of benzene rings is 2. The highest BCUT2D eigenvalue weighted by Crippen LogP contribution is 2.38. The van der Waals surface area contributed by atoms with Crippen molar-refractivity contribution in [1.29, 1.82) is 0 Å². The zero-order valence-electron chi connectivity index (χ0n) is 18.2. The van der Waals surface area contributed by atoms with Crippen LogP contribution in [0.4, 0.5) is 13.2 Å². The summed E-state index contributed by atoms with van der Waals surface area (Å²) in [6.07, 6.45) is -4.89. The summed E-state index contributed by atoms with van der Waals surface area (Å²) in [7, 11) is -4.46. The number of carbonyl (C=O) groups is 2. The van der Waals surface area contributed by atoms with Crippen molar-refractivity contribution in [3.63, 3.8) is 0 Å². The lowest BCUT2D eigenvalue weighted by Gasteiger charge is -2.27. The van der Waals surface area contributed by atoms with E-state index in [2.05, 4.69) is 4.72 Å². The Morgan fingerprint density at radius 1 is 0.939 bits per heavy atom. The van der Waals surface area contributed by atoms with E-state index < -0.39 is 51.2 Å². The highest BCUT2D eigenvalue weighted by molar-refractivity contribution is 7.89. The van der Waals surface area contributed by atoms with E-state index in [1.807, 2.05) is 0 Å². The van der Waals surface area contributed by atoms with Gasteiger partial charge in [0.1, 0.15) is 0 Å². The number of carbonyl (C=O) groups excluding carboxylic acids is 2. The lowest BCUT2D eigenvalue weighted by atomic mass is 9.90. The number of sulfonamides is 1. The van der Waals surface area contributed by atoms with Crippen molar-refractivity contribution in [3.8, 4) is 0 Å². The summed E-state index contributed by atoms with van der Waals surface area (Å²) in [4.78, 5) is 25.1. The SMILES string of the molecule is CCOC(=O)C(C(=O)OCC)C(NS(=O)(=O)c1ccc(C)cc1)c1ccccc1C(F)(F)F. The van der Waals surface area contributed by atoms with Crippen molar-refractivity contribution < 1.29 is 40.7 Å². The van der Waals surface area contributed by atoms with Gasteiger partial charge in [-0.1, -0.05) is 35.9 Å². The lowest BCUT2D eigenvalue weighted by Crippen LogP contribution is -2.43. The molecule has 0 saturated carbocycles. The van der Waals surface area contributed by atoms with Crippen molar-refractivity contribution in [2.45, 2.75) is 37.9 Å². The average molecular weight is 487 g/mol. The molecule has 0 bridgehead atoms. The van der Waals surface area contributed by atoms with Gasteiger partial charge in [-0.25, -0.2) is 13.1 Å². The van der Waals surface area contributed by atoms with Gasteiger partial charge in [0, 0.05) is 0 Å². The second kappa shape index (κ2) is 10.8. The van der Waals surface area contributed by atoms with Crippen LogP contribution in [0.2, 0.25) is 0 Å². The third-order valence-corrected chi connectivity index (χ3v) is 6.09. The molecule has 2 aromatic carbocycles. The van der Waals surface area contributed by atoms with E-state index in [0.29, 0.717) is 0 Å². The fourth-order valence-electron chi connectivity index (χ4n) is 3.12. The van der Waals surface area contributed by atoms with E-state index in [1.54, 1.807) is 6.92 Å². The predicted molar refractivity (Wildman–Crippen MR) is 112 cm³/mol. The largest absolute Gasteiger partial charge is 0.465 e. The van der Waals surface area contributed by atoms with Crippen LogP contribution in [0, 0.1) is 12.8 Å². The van der Waals surface area contributed by atoms with E-state index in [-0.39, 0.29) is 18.1 Å². The van der Waals surface area contributed by atoms with Crippen molar-refractivity contribution >= 4 is 22.0 Å². The smallest absolute Gasteiger partial charge is 0.416 e. The Morgan fingerprint density at radius 3 is 1.94 bits per heavy atom. The molecule has 1 N–H and O–H groups in total. The zero-order valence-corrected chi connectivity index (χ0v) is 19.0. The van der Waals surface area contributed by atoms with Gasteiger partial charge in [0.05, 0.1) is 29.7 Å². The molecular weight excluding hydrogens is 463 g/mol. The Kier molecular flexibility index (Phi) is 8.62. The Balaban J connectivity index is 2.71. The first-order valence-corrected chi connectivity index (χ1v) is 11.5. The summed E-state index contributed by atoms with van der Waals surface area (Å²) in [5, 5.41) is 0. The molecule has 0 spiro atoms. The zero-order chi connectivity index (χ0) is 24.8. The number of nitrogens with one attached hydrogen (secondary N) is 1. The molecule has 0 fully saturated rings. The predicted octanol–water partition coefficient (Wildman–Crippen LogP) is 3.78. The second-order valence-corrected chi connectivity index (χ2v) is 8.69. The van der Waals surface area contributed by atoms with Gasteiger partial charge in [-0.2, -0.15) is 13.2 Å². The molecular formula is C22H24F3NO6S. The maximum atomic E-state index is 13.8. The normalized spacial score (nSPS) is 12.9. The number of halogens is 3. The quantitative estimate of drug-likeness (QED) is 0.427. The molecule has 0 aliphatic carbocycles. The minimum Gasteiger partial charge on any atom is -0.465 e. The summed E-state index contributed by atoms with van der Waals surface area (Å²) < 4.78 is 79.3.